The number of hydrogen-bond acceptors (Lipinski definition) is 3. The Kier molecular flexibility index (Phi) is 2.47. The molecule has 0 bridgehead atoms. The highest BCUT2D eigenvalue weighted by atomic mass is 15.3. The molecule has 4 nitrogen and oxygen atoms in total. The molecule has 1 N–H and O–H groups in total. The molecule has 0 unspecified atom stereocenters. The molecule has 0 aliphatic heterocycles. The van der Waals surface area contributed by atoms with E-state index in [1.54, 1.807) is 6.20 Å². The van der Waals surface area contributed by atoms with E-state index in [1.807, 2.05) is 0 Å². The third kappa shape index (κ3) is 2.30. The van der Waals surface area contributed by atoms with Crippen LogP contribution in [0.1, 0.15) is 26.5 Å². The number of nitrogens with zero attached hydrogens (tertiary/aromatic N) is 3. The van der Waals surface area contributed by atoms with Gasteiger partial charge < -0.3 is 0 Å². The second kappa shape index (κ2) is 3.23. The normalized spacial score (nSPS) is 12.4. The van der Waals surface area contributed by atoms with Crippen LogP contribution in [0.5, 0.6) is 0 Å². The maximum absolute atomic E-state index is 3.99. The Morgan fingerprint density at radius 1 is 1.50 bits per heavy atom. The summed E-state index contributed by atoms with van der Waals surface area (Å²) in [5.41, 5.74) is 1.16. The van der Waals surface area contributed by atoms with Crippen LogP contribution >= 0.6 is 0 Å². The van der Waals surface area contributed by atoms with Gasteiger partial charge in [0, 0.05) is 12.1 Å². The van der Waals surface area contributed by atoms with Crippen molar-refractivity contribution < 1.29 is 0 Å². The van der Waals surface area contributed by atoms with Gasteiger partial charge in [-0.05, 0) is 27.8 Å². The maximum atomic E-state index is 3.99. The Hall–Kier alpha value is -0.900. The molecule has 0 radical (unpaired) electrons. The van der Waals surface area contributed by atoms with E-state index >= 15 is 0 Å². The number of aromatic nitrogens is 3. The van der Waals surface area contributed by atoms with E-state index in [9.17, 15) is 0 Å². The zero-order valence-electron chi connectivity index (χ0n) is 8.13. The minimum absolute atomic E-state index is 0.180. The smallest absolute Gasteiger partial charge is 0.0964 e. The van der Waals surface area contributed by atoms with Gasteiger partial charge in [-0.3, -0.25) is 4.90 Å². The quantitative estimate of drug-likeness (QED) is 0.717. The van der Waals surface area contributed by atoms with Crippen molar-refractivity contribution in [1.82, 2.24) is 20.3 Å². The molecule has 0 amide bonds. The first kappa shape index (κ1) is 9.19. The fraction of sp³-hybridized carbons (Fsp3) is 0.750. The Morgan fingerprint density at radius 2 is 2.17 bits per heavy atom. The van der Waals surface area contributed by atoms with Crippen molar-refractivity contribution >= 4 is 0 Å². The fourth-order valence-corrected chi connectivity index (χ4v) is 0.782. The third-order valence-electron chi connectivity index (χ3n) is 2.01. The zero-order chi connectivity index (χ0) is 9.19. The SMILES string of the molecule is CN(Cc1cn[nH]n1)C(C)(C)C. The summed E-state index contributed by atoms with van der Waals surface area (Å²) in [6.07, 6.45) is 1.75. The standard InChI is InChI=1S/C8H16N4/c1-8(2,3)12(4)6-7-5-9-11-10-7/h5H,6H2,1-4H3,(H,9,10,11). The molecule has 0 aliphatic rings. The van der Waals surface area contributed by atoms with E-state index < -0.39 is 0 Å². The van der Waals surface area contributed by atoms with Crippen LogP contribution in [0, 0.1) is 0 Å². The fourth-order valence-electron chi connectivity index (χ4n) is 0.782. The van der Waals surface area contributed by atoms with Gasteiger partial charge >= 0.3 is 0 Å². The summed E-state index contributed by atoms with van der Waals surface area (Å²) < 4.78 is 0. The lowest BCUT2D eigenvalue weighted by molar-refractivity contribution is 0.165. The second-order valence-electron chi connectivity index (χ2n) is 3.99. The predicted octanol–water partition coefficient (Wildman–Crippen LogP) is 1.03. The van der Waals surface area contributed by atoms with Crippen LogP contribution < -0.4 is 0 Å². The summed E-state index contributed by atoms with van der Waals surface area (Å²) in [7, 11) is 2.08. The highest BCUT2D eigenvalue weighted by Gasteiger charge is 2.17. The van der Waals surface area contributed by atoms with Crippen molar-refractivity contribution in [3.05, 3.63) is 11.9 Å². The van der Waals surface area contributed by atoms with Crippen molar-refractivity contribution in [1.29, 1.82) is 0 Å². The van der Waals surface area contributed by atoms with Crippen LogP contribution in [0.2, 0.25) is 0 Å². The molecule has 0 aromatic carbocycles. The summed E-state index contributed by atoms with van der Waals surface area (Å²) in [5, 5.41) is 10.3. The van der Waals surface area contributed by atoms with E-state index in [0.717, 1.165) is 12.2 Å². The van der Waals surface area contributed by atoms with Crippen molar-refractivity contribution in [3.63, 3.8) is 0 Å². The molecule has 1 aromatic heterocycles. The molecular formula is C8H16N4. The van der Waals surface area contributed by atoms with Gasteiger partial charge in [-0.2, -0.15) is 15.4 Å². The molecule has 68 valence electrons. The Balaban J connectivity index is 2.53. The summed E-state index contributed by atoms with van der Waals surface area (Å²) in [6.45, 7) is 7.35. The topological polar surface area (TPSA) is 44.8 Å². The van der Waals surface area contributed by atoms with E-state index in [4.69, 9.17) is 0 Å². The van der Waals surface area contributed by atoms with Crippen LogP contribution in [0.4, 0.5) is 0 Å². The Bertz CT molecular complexity index is 222. The molecule has 12 heavy (non-hydrogen) atoms. The summed E-state index contributed by atoms with van der Waals surface area (Å²) >= 11 is 0. The first-order chi connectivity index (χ1) is 5.50. The number of aromatic amines is 1. The van der Waals surface area contributed by atoms with Crippen LogP contribution in [0.25, 0.3) is 0 Å². The highest BCUT2D eigenvalue weighted by molar-refractivity contribution is 4.91. The molecule has 0 saturated heterocycles. The zero-order valence-corrected chi connectivity index (χ0v) is 8.13. The monoisotopic (exact) mass is 168 g/mol. The number of H-pyrrole nitrogens is 1. The van der Waals surface area contributed by atoms with E-state index in [2.05, 4.69) is 48.1 Å². The van der Waals surface area contributed by atoms with E-state index in [-0.39, 0.29) is 5.54 Å². The molecule has 0 fully saturated rings. The van der Waals surface area contributed by atoms with Crippen LogP contribution in [0.15, 0.2) is 6.20 Å². The van der Waals surface area contributed by atoms with Gasteiger partial charge in [0.1, 0.15) is 0 Å². The van der Waals surface area contributed by atoms with Crippen molar-refractivity contribution in [3.8, 4) is 0 Å². The molecule has 4 heteroatoms. The van der Waals surface area contributed by atoms with Crippen LogP contribution in [-0.2, 0) is 6.54 Å². The molecule has 0 aliphatic carbocycles. The Labute approximate surface area is 73.0 Å². The van der Waals surface area contributed by atoms with Crippen LogP contribution in [-0.4, -0.2) is 32.9 Å². The first-order valence-electron chi connectivity index (χ1n) is 4.06. The number of rotatable bonds is 2. The summed E-state index contributed by atoms with van der Waals surface area (Å²) in [6, 6.07) is 0. The van der Waals surface area contributed by atoms with Gasteiger partial charge in [-0.1, -0.05) is 0 Å². The third-order valence-corrected chi connectivity index (χ3v) is 2.01. The van der Waals surface area contributed by atoms with Crippen molar-refractivity contribution in [2.45, 2.75) is 32.9 Å². The Morgan fingerprint density at radius 3 is 2.58 bits per heavy atom. The van der Waals surface area contributed by atoms with Gasteiger partial charge in [0.05, 0.1) is 11.9 Å². The first-order valence-corrected chi connectivity index (χ1v) is 4.06. The molecule has 0 atom stereocenters. The van der Waals surface area contributed by atoms with E-state index in [0.29, 0.717) is 0 Å². The molecule has 0 spiro atoms. The van der Waals surface area contributed by atoms with Gasteiger partial charge in [0.25, 0.3) is 0 Å². The lowest BCUT2D eigenvalue weighted by atomic mass is 10.1. The minimum Gasteiger partial charge on any atom is -0.296 e. The molecular weight excluding hydrogens is 152 g/mol. The predicted molar refractivity (Wildman–Crippen MR) is 47.6 cm³/mol. The lowest BCUT2D eigenvalue weighted by Crippen LogP contribution is -2.37. The van der Waals surface area contributed by atoms with Crippen molar-refractivity contribution in [2.24, 2.45) is 0 Å². The van der Waals surface area contributed by atoms with Gasteiger partial charge in [-0.25, -0.2) is 0 Å². The van der Waals surface area contributed by atoms with Crippen molar-refractivity contribution in [2.75, 3.05) is 7.05 Å². The van der Waals surface area contributed by atoms with Crippen LogP contribution in [0.3, 0.4) is 0 Å². The average Bonchev–Trinajstić information content (AvgIpc) is 2.37. The molecule has 1 heterocycles. The minimum atomic E-state index is 0.180. The van der Waals surface area contributed by atoms with Gasteiger partial charge in [-0.15, -0.1) is 0 Å². The summed E-state index contributed by atoms with van der Waals surface area (Å²) in [4.78, 5) is 2.23. The molecule has 1 aromatic rings. The molecule has 0 saturated carbocycles. The largest absolute Gasteiger partial charge is 0.296 e. The maximum Gasteiger partial charge on any atom is 0.0964 e. The lowest BCUT2D eigenvalue weighted by Gasteiger charge is -2.30. The van der Waals surface area contributed by atoms with E-state index in [1.165, 1.54) is 0 Å². The number of hydrogen-bond donors (Lipinski definition) is 1. The number of nitrogens with one attached hydrogen (secondary N) is 1. The van der Waals surface area contributed by atoms with Gasteiger partial charge in [0.15, 0.2) is 0 Å². The highest BCUT2D eigenvalue weighted by Crippen LogP contribution is 2.12. The average molecular weight is 168 g/mol. The molecule has 1 rings (SSSR count). The second-order valence-corrected chi connectivity index (χ2v) is 3.99. The van der Waals surface area contributed by atoms with Gasteiger partial charge in [0.2, 0.25) is 0 Å². The summed E-state index contributed by atoms with van der Waals surface area (Å²) in [5.74, 6) is 0.